The highest BCUT2D eigenvalue weighted by molar-refractivity contribution is 6.37. The third-order valence-electron chi connectivity index (χ3n) is 6.74. The quantitative estimate of drug-likeness (QED) is 0.122. The van der Waals surface area contributed by atoms with E-state index in [4.69, 9.17) is 92.8 Å². The molecule has 4 aromatic carbocycles. The van der Waals surface area contributed by atoms with Gasteiger partial charge < -0.3 is 20.4 Å². The molecule has 0 radical (unpaired) electrons. The van der Waals surface area contributed by atoms with Crippen molar-refractivity contribution in [1.82, 2.24) is 9.80 Å². The first-order valence-corrected chi connectivity index (χ1v) is 15.9. The summed E-state index contributed by atoms with van der Waals surface area (Å²) in [6.45, 7) is 1.27. The molecule has 0 aliphatic rings. The number of aromatic hydroxyl groups is 4. The molecule has 0 unspecified atom stereocenters. The molecule has 0 aromatic heterocycles. The van der Waals surface area contributed by atoms with Crippen molar-refractivity contribution in [3.63, 3.8) is 0 Å². The largest absolute Gasteiger partial charge is 0.506 e. The number of hydrogen-bond donors (Lipinski definition) is 4. The summed E-state index contributed by atoms with van der Waals surface area (Å²) in [7, 11) is 0. The van der Waals surface area contributed by atoms with Crippen molar-refractivity contribution in [3.8, 4) is 23.0 Å². The number of benzene rings is 4. The van der Waals surface area contributed by atoms with Crippen LogP contribution in [-0.2, 0) is 26.2 Å². The predicted octanol–water partition coefficient (Wildman–Crippen LogP) is 10.4. The Hall–Kier alpha value is -1.68. The fraction of sp³-hybridized carbons (Fsp3) is 0.200. The number of nitrogens with zero attached hydrogens (tertiary/aromatic N) is 2. The summed E-state index contributed by atoms with van der Waals surface area (Å²) in [5.41, 5.74) is 1.78. The summed E-state index contributed by atoms with van der Waals surface area (Å²) in [5.74, 6) is -0.544. The van der Waals surface area contributed by atoms with E-state index in [2.05, 4.69) is 0 Å². The van der Waals surface area contributed by atoms with Crippen LogP contribution in [-0.4, -0.2) is 43.3 Å². The van der Waals surface area contributed by atoms with Crippen molar-refractivity contribution in [1.29, 1.82) is 0 Å². The van der Waals surface area contributed by atoms with Gasteiger partial charge in [0.25, 0.3) is 0 Å². The van der Waals surface area contributed by atoms with Crippen LogP contribution < -0.4 is 0 Å². The molecule has 4 rings (SSSR count). The van der Waals surface area contributed by atoms with E-state index in [9.17, 15) is 20.4 Å². The molecule has 0 amide bonds. The van der Waals surface area contributed by atoms with Crippen molar-refractivity contribution in [2.24, 2.45) is 0 Å². The molecule has 0 aliphatic carbocycles. The van der Waals surface area contributed by atoms with Gasteiger partial charge in [-0.3, -0.25) is 9.80 Å². The van der Waals surface area contributed by atoms with E-state index in [-0.39, 0.29) is 69.3 Å². The monoisotopic (exact) mass is 756 g/mol. The summed E-state index contributed by atoms with van der Waals surface area (Å²) < 4.78 is 0. The van der Waals surface area contributed by atoms with E-state index in [0.29, 0.717) is 55.4 Å². The van der Waals surface area contributed by atoms with Gasteiger partial charge in [0.05, 0.1) is 20.1 Å². The van der Waals surface area contributed by atoms with E-state index in [1.54, 1.807) is 24.3 Å². The molecule has 6 nitrogen and oxygen atoms in total. The van der Waals surface area contributed by atoms with Crippen LogP contribution >= 0.6 is 92.8 Å². The summed E-state index contributed by atoms with van der Waals surface area (Å²) in [4.78, 5) is 3.82. The second-order valence-corrected chi connectivity index (χ2v) is 13.4. The molecule has 0 saturated carbocycles. The van der Waals surface area contributed by atoms with E-state index in [1.807, 2.05) is 9.80 Å². The Morgan fingerprint density at radius 1 is 0.364 bits per heavy atom. The average molecular weight is 760 g/mol. The normalized spacial score (nSPS) is 11.6. The Balaban J connectivity index is 1.70. The summed E-state index contributed by atoms with van der Waals surface area (Å²) in [6.07, 6.45) is 0. The van der Waals surface area contributed by atoms with Crippen LogP contribution in [0.4, 0.5) is 0 Å². The molecule has 4 N–H and O–H groups in total. The summed E-state index contributed by atoms with van der Waals surface area (Å²) >= 11 is 49.7. The SMILES string of the molecule is Oc1c(Cl)cc(Cl)cc1CN(CCN(Cc1cc(Cl)cc(Cl)c1O)Cc1cc(Cl)cc(Cl)c1O)Cc1cc(Cl)cc(Cl)c1O. The average Bonchev–Trinajstić information content (AvgIpc) is 2.93. The van der Waals surface area contributed by atoms with Crippen molar-refractivity contribution < 1.29 is 20.4 Å². The lowest BCUT2D eigenvalue weighted by Gasteiger charge is -2.29. The first-order valence-electron chi connectivity index (χ1n) is 12.8. The van der Waals surface area contributed by atoms with Crippen LogP contribution in [0.25, 0.3) is 0 Å². The van der Waals surface area contributed by atoms with Gasteiger partial charge in [0, 0.05) is 81.6 Å². The van der Waals surface area contributed by atoms with Gasteiger partial charge in [-0.2, -0.15) is 0 Å². The standard InChI is InChI=1S/C30H24Cl8N2O4/c31-19-3-15(27(41)23(35)7-19)11-39(12-16-4-20(32)8-24(36)28(16)42)1-2-40(13-17-5-21(33)9-25(37)29(17)43)14-18-6-22(34)10-26(38)30(18)44/h3-10,41-44H,1-2,11-14H2. The Labute approximate surface area is 294 Å². The van der Waals surface area contributed by atoms with Gasteiger partial charge in [-0.05, 0) is 48.5 Å². The topological polar surface area (TPSA) is 87.4 Å². The van der Waals surface area contributed by atoms with Gasteiger partial charge in [-0.15, -0.1) is 0 Å². The molecule has 44 heavy (non-hydrogen) atoms. The summed E-state index contributed by atoms with van der Waals surface area (Å²) in [5, 5.41) is 44.4. The van der Waals surface area contributed by atoms with E-state index < -0.39 is 0 Å². The van der Waals surface area contributed by atoms with Gasteiger partial charge in [0.1, 0.15) is 23.0 Å². The second kappa shape index (κ2) is 15.3. The molecule has 0 saturated heterocycles. The van der Waals surface area contributed by atoms with Crippen LogP contribution in [0.15, 0.2) is 48.5 Å². The van der Waals surface area contributed by atoms with E-state index >= 15 is 0 Å². The Morgan fingerprint density at radius 2 is 0.568 bits per heavy atom. The molecular weight excluding hydrogens is 736 g/mol. The molecule has 0 bridgehead atoms. The van der Waals surface area contributed by atoms with Crippen molar-refractivity contribution >= 4 is 92.8 Å². The van der Waals surface area contributed by atoms with Crippen LogP contribution in [0.5, 0.6) is 23.0 Å². The number of halogens is 8. The third kappa shape index (κ3) is 8.98. The summed E-state index contributed by atoms with van der Waals surface area (Å²) in [6, 6.07) is 12.1. The lowest BCUT2D eigenvalue weighted by molar-refractivity contribution is 0.178. The van der Waals surface area contributed by atoms with Crippen LogP contribution in [0.1, 0.15) is 22.3 Å². The van der Waals surface area contributed by atoms with Gasteiger partial charge in [0.15, 0.2) is 0 Å². The molecule has 4 aromatic rings. The second-order valence-electron chi connectivity index (χ2n) is 10.0. The lowest BCUT2D eigenvalue weighted by atomic mass is 10.1. The number of rotatable bonds is 11. The fourth-order valence-corrected chi connectivity index (χ4v) is 6.78. The predicted molar refractivity (Wildman–Crippen MR) is 181 cm³/mol. The highest BCUT2D eigenvalue weighted by atomic mass is 35.5. The maximum atomic E-state index is 10.7. The first kappa shape index (κ1) is 35.2. The van der Waals surface area contributed by atoms with E-state index in [1.165, 1.54) is 24.3 Å². The Morgan fingerprint density at radius 3 is 0.773 bits per heavy atom. The number of phenols is 4. The zero-order chi connectivity index (χ0) is 32.3. The fourth-order valence-electron chi connectivity index (χ4n) is 4.63. The highest BCUT2D eigenvalue weighted by Crippen LogP contribution is 2.37. The van der Waals surface area contributed by atoms with Gasteiger partial charge in [-0.25, -0.2) is 0 Å². The van der Waals surface area contributed by atoms with Crippen molar-refractivity contribution in [3.05, 3.63) is 111 Å². The van der Waals surface area contributed by atoms with Gasteiger partial charge in [-0.1, -0.05) is 92.8 Å². The minimum atomic E-state index is -0.136. The van der Waals surface area contributed by atoms with Crippen LogP contribution in [0.2, 0.25) is 40.2 Å². The molecule has 14 heteroatoms. The van der Waals surface area contributed by atoms with E-state index in [0.717, 1.165) is 0 Å². The zero-order valence-corrected chi connectivity index (χ0v) is 28.6. The number of phenolic OH excluding ortho intramolecular Hbond substituents is 4. The lowest BCUT2D eigenvalue weighted by Crippen LogP contribution is -2.34. The van der Waals surface area contributed by atoms with Gasteiger partial charge in [0.2, 0.25) is 0 Å². The number of hydrogen-bond acceptors (Lipinski definition) is 6. The maximum Gasteiger partial charge on any atom is 0.138 e. The molecule has 0 aliphatic heterocycles. The molecular formula is C30H24Cl8N2O4. The molecule has 0 fully saturated rings. The molecule has 0 heterocycles. The Kier molecular flexibility index (Phi) is 12.2. The third-order valence-corrected chi connectivity index (χ3v) is 8.76. The molecule has 0 atom stereocenters. The Bertz CT molecular complexity index is 1450. The zero-order valence-electron chi connectivity index (χ0n) is 22.6. The van der Waals surface area contributed by atoms with Crippen molar-refractivity contribution in [2.45, 2.75) is 26.2 Å². The van der Waals surface area contributed by atoms with Crippen LogP contribution in [0, 0.1) is 0 Å². The smallest absolute Gasteiger partial charge is 0.138 e. The highest BCUT2D eigenvalue weighted by Gasteiger charge is 2.21. The van der Waals surface area contributed by atoms with Gasteiger partial charge >= 0.3 is 0 Å². The maximum absolute atomic E-state index is 10.7. The minimum absolute atomic E-state index is 0.0874. The molecule has 234 valence electrons. The molecule has 0 spiro atoms. The van der Waals surface area contributed by atoms with Crippen molar-refractivity contribution in [2.75, 3.05) is 13.1 Å². The van der Waals surface area contributed by atoms with Crippen LogP contribution in [0.3, 0.4) is 0 Å². The first-order chi connectivity index (χ1) is 20.7. The minimum Gasteiger partial charge on any atom is -0.506 e.